The number of nitrogens with zero attached hydrogens (tertiary/aromatic N) is 1. The van der Waals surface area contributed by atoms with Gasteiger partial charge < -0.3 is 4.74 Å². The Hall–Kier alpha value is -1.38. The van der Waals surface area contributed by atoms with Crippen molar-refractivity contribution in [3.05, 3.63) is 24.0 Å². The Morgan fingerprint density at radius 1 is 1.35 bits per heavy atom. The van der Waals surface area contributed by atoms with Crippen LogP contribution in [0.25, 0.3) is 0 Å². The molecule has 0 aromatic carbocycles. The molecule has 2 saturated carbocycles. The molecule has 2 bridgehead atoms. The van der Waals surface area contributed by atoms with Crippen LogP contribution in [0.5, 0.6) is 5.75 Å². The van der Waals surface area contributed by atoms with Gasteiger partial charge in [0.25, 0.3) is 0 Å². The average Bonchev–Trinajstić information content (AvgIpc) is 2.72. The highest BCUT2D eigenvalue weighted by Crippen LogP contribution is 2.66. The number of Topliss-reactive ketones (excluding diaryl/α,β-unsaturated/α-hetero) is 1. The minimum atomic E-state index is -0.00966. The second-order valence-corrected chi connectivity index (χ2v) is 7.15. The molecule has 1 aromatic heterocycles. The van der Waals surface area contributed by atoms with E-state index in [1.165, 1.54) is 19.8 Å². The molecule has 3 rings (SSSR count). The molecule has 3 unspecified atom stereocenters. The average molecular weight is 273 g/mol. The number of ketones is 1. The highest BCUT2D eigenvalue weighted by atomic mass is 16.5. The number of carbonyl (C=O) groups excluding carboxylic acids is 1. The quantitative estimate of drug-likeness (QED) is 0.785. The van der Waals surface area contributed by atoms with Gasteiger partial charge >= 0.3 is 0 Å². The largest absolute Gasteiger partial charge is 0.488 e. The van der Waals surface area contributed by atoms with Gasteiger partial charge in [-0.05, 0) is 42.7 Å². The van der Waals surface area contributed by atoms with Crippen molar-refractivity contribution in [3.8, 4) is 5.75 Å². The van der Waals surface area contributed by atoms with E-state index in [2.05, 4.69) is 25.8 Å². The maximum atomic E-state index is 11.2. The molecule has 2 aliphatic carbocycles. The predicted octanol–water partition coefficient (Wildman–Crippen LogP) is 3.88. The van der Waals surface area contributed by atoms with Gasteiger partial charge in [-0.25, -0.2) is 4.98 Å². The number of ether oxygens (including phenoxy) is 1. The number of rotatable bonds is 3. The highest BCUT2D eigenvalue weighted by molar-refractivity contribution is 5.92. The summed E-state index contributed by atoms with van der Waals surface area (Å²) in [5, 5.41) is 0. The van der Waals surface area contributed by atoms with E-state index >= 15 is 0 Å². The first-order chi connectivity index (χ1) is 9.34. The van der Waals surface area contributed by atoms with E-state index in [1.807, 2.05) is 6.07 Å². The molecule has 1 heterocycles. The lowest BCUT2D eigenvalue weighted by atomic mass is 9.70. The fourth-order valence-electron chi connectivity index (χ4n) is 4.13. The SMILES string of the molecule is CC(=O)c1ccc(OC2CC3CCC2(C)C3(C)C)cn1. The van der Waals surface area contributed by atoms with Crippen LogP contribution in [-0.4, -0.2) is 16.9 Å². The second kappa shape index (κ2) is 4.31. The van der Waals surface area contributed by atoms with Crippen LogP contribution >= 0.6 is 0 Å². The van der Waals surface area contributed by atoms with E-state index in [0.717, 1.165) is 18.1 Å². The molecular formula is C17H23NO2. The number of aromatic nitrogens is 1. The molecule has 1 aromatic rings. The molecule has 2 aliphatic rings. The van der Waals surface area contributed by atoms with E-state index in [-0.39, 0.29) is 17.3 Å². The predicted molar refractivity (Wildman–Crippen MR) is 77.9 cm³/mol. The molecule has 108 valence electrons. The van der Waals surface area contributed by atoms with Gasteiger partial charge in [-0.2, -0.15) is 0 Å². The molecule has 2 fully saturated rings. The second-order valence-electron chi connectivity index (χ2n) is 7.15. The third kappa shape index (κ3) is 1.79. The third-order valence-electron chi connectivity index (χ3n) is 6.09. The zero-order valence-corrected chi connectivity index (χ0v) is 12.8. The number of fused-ring (bicyclic) bond motifs is 2. The molecule has 0 amide bonds. The van der Waals surface area contributed by atoms with Gasteiger partial charge in [-0.15, -0.1) is 0 Å². The van der Waals surface area contributed by atoms with Crippen molar-refractivity contribution in [2.24, 2.45) is 16.7 Å². The summed E-state index contributed by atoms with van der Waals surface area (Å²) in [6.07, 6.45) is 5.65. The number of hydrogen-bond acceptors (Lipinski definition) is 3. The topological polar surface area (TPSA) is 39.2 Å². The van der Waals surface area contributed by atoms with Crippen molar-refractivity contribution in [3.63, 3.8) is 0 Å². The first-order valence-corrected chi connectivity index (χ1v) is 7.48. The smallest absolute Gasteiger partial charge is 0.178 e. The van der Waals surface area contributed by atoms with Gasteiger partial charge in [0.05, 0.1) is 6.20 Å². The normalized spacial score (nSPS) is 34.2. The molecule has 0 aliphatic heterocycles. The highest BCUT2D eigenvalue weighted by Gasteiger charge is 2.62. The summed E-state index contributed by atoms with van der Waals surface area (Å²) in [7, 11) is 0. The molecule has 3 nitrogen and oxygen atoms in total. The molecule has 0 N–H and O–H groups in total. The zero-order valence-electron chi connectivity index (χ0n) is 12.8. The lowest BCUT2D eigenvalue weighted by Crippen LogP contribution is -2.38. The van der Waals surface area contributed by atoms with Crippen LogP contribution < -0.4 is 4.74 Å². The van der Waals surface area contributed by atoms with Crippen LogP contribution in [0.15, 0.2) is 18.3 Å². The van der Waals surface area contributed by atoms with Gasteiger partial charge in [-0.1, -0.05) is 20.8 Å². The van der Waals surface area contributed by atoms with Gasteiger partial charge in [0, 0.05) is 12.3 Å². The molecule has 0 radical (unpaired) electrons. The maximum absolute atomic E-state index is 11.2. The Morgan fingerprint density at radius 2 is 2.10 bits per heavy atom. The number of pyridine rings is 1. The van der Waals surface area contributed by atoms with E-state index < -0.39 is 0 Å². The fraction of sp³-hybridized carbons (Fsp3) is 0.647. The summed E-state index contributed by atoms with van der Waals surface area (Å²) >= 11 is 0. The summed E-state index contributed by atoms with van der Waals surface area (Å²) in [5.41, 5.74) is 1.10. The Kier molecular flexibility index (Phi) is 2.93. The maximum Gasteiger partial charge on any atom is 0.178 e. The summed E-state index contributed by atoms with van der Waals surface area (Å²) in [6.45, 7) is 8.65. The fourth-order valence-corrected chi connectivity index (χ4v) is 4.13. The van der Waals surface area contributed by atoms with Crippen LogP contribution in [-0.2, 0) is 0 Å². The Labute approximate surface area is 120 Å². The van der Waals surface area contributed by atoms with Crippen molar-refractivity contribution in [2.45, 2.75) is 53.1 Å². The van der Waals surface area contributed by atoms with Gasteiger partial charge in [0.2, 0.25) is 0 Å². The molecule has 3 atom stereocenters. The van der Waals surface area contributed by atoms with E-state index in [4.69, 9.17) is 4.74 Å². The Bertz CT molecular complexity index is 534. The van der Waals surface area contributed by atoms with Crippen molar-refractivity contribution >= 4 is 5.78 Å². The molecule has 0 spiro atoms. The number of hydrogen-bond donors (Lipinski definition) is 0. The lowest BCUT2D eigenvalue weighted by Gasteiger charge is -2.38. The van der Waals surface area contributed by atoms with Crippen molar-refractivity contribution in [1.82, 2.24) is 4.98 Å². The monoisotopic (exact) mass is 273 g/mol. The Morgan fingerprint density at radius 3 is 2.55 bits per heavy atom. The van der Waals surface area contributed by atoms with Crippen LogP contribution in [0.1, 0.15) is 57.4 Å². The molecule has 20 heavy (non-hydrogen) atoms. The first-order valence-electron chi connectivity index (χ1n) is 7.48. The summed E-state index contributed by atoms with van der Waals surface area (Å²) in [4.78, 5) is 15.4. The molecular weight excluding hydrogens is 250 g/mol. The lowest BCUT2D eigenvalue weighted by molar-refractivity contribution is 0.0299. The van der Waals surface area contributed by atoms with Crippen molar-refractivity contribution in [1.29, 1.82) is 0 Å². The van der Waals surface area contributed by atoms with Crippen LogP contribution in [0.2, 0.25) is 0 Å². The summed E-state index contributed by atoms with van der Waals surface area (Å²) in [6, 6.07) is 3.62. The van der Waals surface area contributed by atoms with Gasteiger partial charge in [0.15, 0.2) is 5.78 Å². The minimum Gasteiger partial charge on any atom is -0.488 e. The van der Waals surface area contributed by atoms with Crippen LogP contribution in [0.4, 0.5) is 0 Å². The first kappa shape index (κ1) is 13.6. The van der Waals surface area contributed by atoms with E-state index in [9.17, 15) is 4.79 Å². The molecule has 0 saturated heterocycles. The van der Waals surface area contributed by atoms with Gasteiger partial charge in [-0.3, -0.25) is 4.79 Å². The van der Waals surface area contributed by atoms with Crippen LogP contribution in [0, 0.1) is 16.7 Å². The minimum absolute atomic E-state index is 0.00966. The summed E-state index contributed by atoms with van der Waals surface area (Å²) in [5.74, 6) is 1.54. The zero-order chi connectivity index (χ0) is 14.5. The third-order valence-corrected chi connectivity index (χ3v) is 6.09. The Balaban J connectivity index is 1.78. The van der Waals surface area contributed by atoms with Gasteiger partial charge in [0.1, 0.15) is 17.5 Å². The standard InChI is InChI=1S/C17H23NO2/c1-11(19)14-6-5-13(10-18-14)20-15-9-12-7-8-17(15,4)16(12,2)3/h5-6,10,12,15H,7-9H2,1-4H3. The van der Waals surface area contributed by atoms with Crippen molar-refractivity contribution in [2.75, 3.05) is 0 Å². The van der Waals surface area contributed by atoms with Crippen LogP contribution in [0.3, 0.4) is 0 Å². The number of carbonyl (C=O) groups is 1. The van der Waals surface area contributed by atoms with E-state index in [1.54, 1.807) is 12.3 Å². The van der Waals surface area contributed by atoms with Crippen molar-refractivity contribution < 1.29 is 9.53 Å². The summed E-state index contributed by atoms with van der Waals surface area (Å²) < 4.78 is 6.21. The molecule has 3 heteroatoms. The van der Waals surface area contributed by atoms with E-state index in [0.29, 0.717) is 11.1 Å².